The maximum atomic E-state index is 11.4. The molecule has 0 amide bonds. The number of hydrogen-bond acceptors (Lipinski definition) is 4. The Morgan fingerprint density at radius 2 is 2.04 bits per heavy atom. The topological polar surface area (TPSA) is 85.4 Å². The Labute approximate surface area is 159 Å². The number of ether oxygens (including phenoxy) is 1. The fraction of sp³-hybridized carbons (Fsp3) is 0.412. The average molecular weight is 324 g/mol. The molecule has 5 nitrogen and oxygen atoms in total. The monoisotopic (exact) mass is 324 g/mol. The molecule has 0 bridgehead atoms. The largest absolute Gasteiger partial charge is 1.00 e. The van der Waals surface area contributed by atoms with Crippen LogP contribution in [0.15, 0.2) is 18.2 Å². The van der Waals surface area contributed by atoms with Gasteiger partial charge in [-0.25, -0.2) is 4.79 Å². The number of carboxylic acid groups (broad SMARTS) is 1. The number of anilines is 1. The maximum absolute atomic E-state index is 11.4. The van der Waals surface area contributed by atoms with Crippen molar-refractivity contribution in [3.63, 3.8) is 0 Å². The van der Waals surface area contributed by atoms with Crippen LogP contribution in [-0.4, -0.2) is 22.2 Å². The molecule has 0 saturated heterocycles. The van der Waals surface area contributed by atoms with Gasteiger partial charge in [-0.15, -0.1) is 0 Å². The summed E-state index contributed by atoms with van der Waals surface area (Å²) in [6.07, 6.45) is 5.82. The van der Waals surface area contributed by atoms with Crippen molar-refractivity contribution in [3.05, 3.63) is 29.5 Å². The van der Waals surface area contributed by atoms with E-state index in [1.807, 2.05) is 18.2 Å². The van der Waals surface area contributed by atoms with Crippen LogP contribution in [0.3, 0.4) is 0 Å². The minimum Gasteiger partial charge on any atom is -1.00 e. The molecule has 3 N–H and O–H groups in total. The van der Waals surface area contributed by atoms with Gasteiger partial charge in [0.05, 0.1) is 28.4 Å². The summed E-state index contributed by atoms with van der Waals surface area (Å²) in [7, 11) is 0. The molecule has 1 fully saturated rings. The normalized spacial score (nSPS) is 15.2. The van der Waals surface area contributed by atoms with E-state index in [-0.39, 0.29) is 48.3 Å². The van der Waals surface area contributed by atoms with Crippen molar-refractivity contribution in [3.8, 4) is 5.75 Å². The molecule has 0 spiro atoms. The Bertz CT molecular complexity index is 733. The Kier molecular flexibility index (Phi) is 5.89. The fourth-order valence-corrected chi connectivity index (χ4v) is 3.17. The first kappa shape index (κ1) is 18.0. The zero-order valence-electron chi connectivity index (χ0n) is 14.6. The van der Waals surface area contributed by atoms with Gasteiger partial charge in [0.2, 0.25) is 0 Å². The van der Waals surface area contributed by atoms with E-state index in [1.165, 1.54) is 19.3 Å². The standard InChI is InChI=1S/C17H20N2O3.Na.H/c1-10-14(17(20)21)16(18)15-12(19-10)8-5-9-13(15)22-11-6-3-2-4-7-11;;/h5,8-9,11H,2-4,6-7H2,1H3,(H2,18,19)(H,20,21);;/q;+1;-1. The van der Waals surface area contributed by atoms with Gasteiger partial charge in [-0.3, -0.25) is 4.98 Å². The molecular formula is C17H21N2NaO3. The third kappa shape index (κ3) is 3.62. The second kappa shape index (κ2) is 7.51. The predicted octanol–water partition coefficient (Wildman–Crippen LogP) is 0.652. The smallest absolute Gasteiger partial charge is 1.00 e. The van der Waals surface area contributed by atoms with Crippen molar-refractivity contribution in [1.29, 1.82) is 0 Å². The van der Waals surface area contributed by atoms with Gasteiger partial charge in [0.1, 0.15) is 11.3 Å². The Balaban J connectivity index is 0.00000144. The second-order valence-corrected chi connectivity index (χ2v) is 5.82. The van der Waals surface area contributed by atoms with Gasteiger partial charge in [0.15, 0.2) is 0 Å². The molecule has 1 saturated carbocycles. The molecule has 0 aliphatic heterocycles. The van der Waals surface area contributed by atoms with Gasteiger partial charge < -0.3 is 17.0 Å². The summed E-state index contributed by atoms with van der Waals surface area (Å²) in [5.41, 5.74) is 7.52. The zero-order valence-corrected chi connectivity index (χ0v) is 15.6. The van der Waals surface area contributed by atoms with E-state index < -0.39 is 5.97 Å². The molecule has 3 rings (SSSR count). The summed E-state index contributed by atoms with van der Waals surface area (Å²) in [6, 6.07) is 5.54. The van der Waals surface area contributed by atoms with Gasteiger partial charge >= 0.3 is 35.5 Å². The quantitative estimate of drug-likeness (QED) is 0.810. The Hall–Kier alpha value is -1.30. The van der Waals surface area contributed by atoms with Crippen LogP contribution in [0, 0.1) is 6.92 Å². The van der Waals surface area contributed by atoms with Gasteiger partial charge in [-0.1, -0.05) is 12.5 Å². The number of carboxylic acids is 1. The fourth-order valence-electron chi connectivity index (χ4n) is 3.17. The van der Waals surface area contributed by atoms with Gasteiger partial charge in [-0.05, 0) is 44.7 Å². The first-order valence-corrected chi connectivity index (χ1v) is 7.66. The third-order valence-electron chi connectivity index (χ3n) is 4.25. The number of hydrogen-bond donors (Lipinski definition) is 2. The number of pyridine rings is 1. The van der Waals surface area contributed by atoms with Crippen LogP contribution in [0.4, 0.5) is 5.69 Å². The van der Waals surface area contributed by atoms with Crippen LogP contribution >= 0.6 is 0 Å². The van der Waals surface area contributed by atoms with Crippen LogP contribution in [0.1, 0.15) is 49.6 Å². The van der Waals surface area contributed by atoms with Crippen molar-refractivity contribution in [2.45, 2.75) is 45.1 Å². The summed E-state index contributed by atoms with van der Waals surface area (Å²) in [6.45, 7) is 1.66. The Morgan fingerprint density at radius 1 is 1.35 bits per heavy atom. The van der Waals surface area contributed by atoms with Crippen molar-refractivity contribution in [2.24, 2.45) is 0 Å². The number of aryl methyl sites for hydroxylation is 1. The van der Waals surface area contributed by atoms with Gasteiger partial charge in [-0.2, -0.15) is 0 Å². The van der Waals surface area contributed by atoms with Gasteiger partial charge in [0.25, 0.3) is 0 Å². The number of carbonyl (C=O) groups is 1. The zero-order chi connectivity index (χ0) is 15.7. The van der Waals surface area contributed by atoms with E-state index in [1.54, 1.807) is 6.92 Å². The van der Waals surface area contributed by atoms with Crippen molar-refractivity contribution < 1.29 is 45.6 Å². The van der Waals surface area contributed by atoms with Crippen molar-refractivity contribution in [2.75, 3.05) is 5.73 Å². The maximum Gasteiger partial charge on any atom is 1.00 e. The van der Waals surface area contributed by atoms with E-state index in [0.29, 0.717) is 22.3 Å². The molecule has 1 aromatic heterocycles. The molecule has 1 heterocycles. The predicted molar refractivity (Wildman–Crippen MR) is 86.5 cm³/mol. The number of nitrogens with zero attached hydrogens (tertiary/aromatic N) is 1. The van der Waals surface area contributed by atoms with Crippen LogP contribution in [0.5, 0.6) is 5.75 Å². The number of aromatic carboxylic acids is 1. The molecule has 0 atom stereocenters. The van der Waals surface area contributed by atoms with E-state index in [2.05, 4.69) is 4.98 Å². The van der Waals surface area contributed by atoms with E-state index in [0.717, 1.165) is 12.8 Å². The van der Waals surface area contributed by atoms with Crippen LogP contribution < -0.4 is 40.0 Å². The molecular weight excluding hydrogens is 303 g/mol. The number of benzene rings is 1. The minimum absolute atomic E-state index is 0. The molecule has 1 aromatic carbocycles. The number of nitrogens with two attached hydrogens (primary N) is 1. The molecule has 6 heteroatoms. The number of aromatic nitrogens is 1. The molecule has 0 radical (unpaired) electrons. The number of rotatable bonds is 3. The SMILES string of the molecule is Cc1nc2cccc(OC3CCCCC3)c2c(N)c1C(=O)O.[H-].[Na+]. The van der Waals surface area contributed by atoms with Crippen molar-refractivity contribution in [1.82, 2.24) is 4.98 Å². The molecule has 0 unspecified atom stereocenters. The van der Waals surface area contributed by atoms with Crippen LogP contribution in [0.25, 0.3) is 10.9 Å². The van der Waals surface area contributed by atoms with E-state index in [4.69, 9.17) is 10.5 Å². The van der Waals surface area contributed by atoms with Crippen LogP contribution in [-0.2, 0) is 0 Å². The average Bonchev–Trinajstić information content (AvgIpc) is 2.47. The summed E-state index contributed by atoms with van der Waals surface area (Å²) >= 11 is 0. The van der Waals surface area contributed by atoms with E-state index in [9.17, 15) is 9.90 Å². The van der Waals surface area contributed by atoms with Crippen molar-refractivity contribution >= 4 is 22.6 Å². The molecule has 1 aliphatic rings. The molecule has 118 valence electrons. The molecule has 2 aromatic rings. The minimum atomic E-state index is -1.06. The first-order chi connectivity index (χ1) is 10.6. The summed E-state index contributed by atoms with van der Waals surface area (Å²) < 4.78 is 6.11. The number of nitrogen functional groups attached to an aromatic ring is 1. The summed E-state index contributed by atoms with van der Waals surface area (Å²) in [5, 5.41) is 9.96. The molecule has 23 heavy (non-hydrogen) atoms. The van der Waals surface area contributed by atoms with E-state index >= 15 is 0 Å². The first-order valence-electron chi connectivity index (χ1n) is 7.66. The number of fused-ring (bicyclic) bond motifs is 1. The summed E-state index contributed by atoms with van der Waals surface area (Å²) in [4.78, 5) is 15.8. The van der Waals surface area contributed by atoms with Gasteiger partial charge in [0, 0.05) is 0 Å². The van der Waals surface area contributed by atoms with Crippen LogP contribution in [0.2, 0.25) is 0 Å². The molecule has 1 aliphatic carbocycles. The second-order valence-electron chi connectivity index (χ2n) is 5.82. The Morgan fingerprint density at radius 3 is 2.70 bits per heavy atom. The summed E-state index contributed by atoms with van der Waals surface area (Å²) in [5.74, 6) is -0.422. The third-order valence-corrected chi connectivity index (χ3v) is 4.25.